The van der Waals surface area contributed by atoms with Crippen molar-refractivity contribution in [2.24, 2.45) is 0 Å². The fourth-order valence-electron chi connectivity index (χ4n) is 1.21. The van der Waals surface area contributed by atoms with Crippen LogP contribution in [0.4, 0.5) is 0 Å². The molecule has 1 rings (SSSR count). The molecule has 0 aliphatic heterocycles. The van der Waals surface area contributed by atoms with Crippen LogP contribution >= 0.6 is 15.6 Å². The molecule has 0 aliphatic rings. The van der Waals surface area contributed by atoms with Crippen molar-refractivity contribution in [1.82, 2.24) is 4.98 Å². The van der Waals surface area contributed by atoms with Gasteiger partial charge in [-0.3, -0.25) is 14.3 Å². The van der Waals surface area contributed by atoms with Crippen LogP contribution in [0.25, 0.3) is 0 Å². The Hall–Kier alpha value is -1.12. The number of aromatic nitrogens is 1. The zero-order valence-corrected chi connectivity index (χ0v) is 11.8. The summed E-state index contributed by atoms with van der Waals surface area (Å²) in [4.78, 5) is 40.4. The second-order valence-corrected chi connectivity index (χ2v) is 6.39. The highest BCUT2D eigenvalue weighted by atomic mass is 31.3. The molecule has 12 heteroatoms. The SMILES string of the molecule is Cc1ncc(COP(=O)(O)OP(=O)(O)O)c(C=O)c1O. The van der Waals surface area contributed by atoms with Gasteiger partial charge in [-0.05, 0) is 6.92 Å². The first-order valence-corrected chi connectivity index (χ1v) is 7.95. The fourth-order valence-corrected chi connectivity index (χ4v) is 2.77. The number of hydrogen-bond acceptors (Lipinski definition) is 7. The largest absolute Gasteiger partial charge is 0.505 e. The summed E-state index contributed by atoms with van der Waals surface area (Å²) >= 11 is 0. The topological polar surface area (TPSA) is 163 Å². The molecule has 0 radical (unpaired) electrons. The summed E-state index contributed by atoms with van der Waals surface area (Å²) in [6.45, 7) is 0.712. The summed E-state index contributed by atoms with van der Waals surface area (Å²) in [7, 11) is -10.2. The van der Waals surface area contributed by atoms with E-state index in [0.717, 1.165) is 6.20 Å². The number of phosphoric ester groups is 1. The first-order chi connectivity index (χ1) is 9.06. The van der Waals surface area contributed by atoms with Crippen LogP contribution in [0.15, 0.2) is 6.20 Å². The van der Waals surface area contributed by atoms with Crippen molar-refractivity contribution in [3.63, 3.8) is 0 Å². The van der Waals surface area contributed by atoms with Crippen LogP contribution in [0.2, 0.25) is 0 Å². The number of rotatable bonds is 6. The molecular formula is C8H11NO9P2. The van der Waals surface area contributed by atoms with E-state index in [9.17, 15) is 19.0 Å². The number of hydrogen-bond donors (Lipinski definition) is 4. The Morgan fingerprint density at radius 3 is 2.45 bits per heavy atom. The van der Waals surface area contributed by atoms with Gasteiger partial charge in [0.2, 0.25) is 0 Å². The van der Waals surface area contributed by atoms with Gasteiger partial charge in [0, 0.05) is 11.8 Å². The molecule has 0 aromatic carbocycles. The van der Waals surface area contributed by atoms with Crippen molar-refractivity contribution < 1.29 is 42.5 Å². The fraction of sp³-hybridized carbons (Fsp3) is 0.250. The minimum absolute atomic E-state index is 0.0494. The van der Waals surface area contributed by atoms with E-state index in [1.165, 1.54) is 6.92 Å². The van der Waals surface area contributed by atoms with Gasteiger partial charge in [0.15, 0.2) is 6.29 Å². The van der Waals surface area contributed by atoms with Crippen LogP contribution in [0.3, 0.4) is 0 Å². The molecule has 0 saturated heterocycles. The average molecular weight is 327 g/mol. The summed E-state index contributed by atoms with van der Waals surface area (Å²) in [6.07, 6.45) is 1.39. The summed E-state index contributed by atoms with van der Waals surface area (Å²) in [5.74, 6) is -0.426. The molecule has 1 unspecified atom stereocenters. The summed E-state index contributed by atoms with van der Waals surface area (Å²) in [6, 6.07) is 0. The number of aryl methyl sites for hydroxylation is 1. The quantitative estimate of drug-likeness (QED) is 0.430. The molecule has 10 nitrogen and oxygen atoms in total. The monoisotopic (exact) mass is 327 g/mol. The van der Waals surface area contributed by atoms with Crippen LogP contribution in [0, 0.1) is 6.92 Å². The maximum atomic E-state index is 11.2. The van der Waals surface area contributed by atoms with Gasteiger partial charge in [-0.2, -0.15) is 4.31 Å². The maximum Gasteiger partial charge on any atom is 0.481 e. The van der Waals surface area contributed by atoms with Gasteiger partial charge < -0.3 is 19.8 Å². The Kier molecular flexibility index (Phi) is 5.17. The predicted octanol–water partition coefficient (Wildman–Crippen LogP) is 0.634. The van der Waals surface area contributed by atoms with Gasteiger partial charge >= 0.3 is 15.6 Å². The predicted molar refractivity (Wildman–Crippen MR) is 63.8 cm³/mol. The van der Waals surface area contributed by atoms with E-state index in [2.05, 4.69) is 13.8 Å². The Morgan fingerprint density at radius 2 is 1.95 bits per heavy atom. The van der Waals surface area contributed by atoms with E-state index in [1.807, 2.05) is 0 Å². The molecule has 112 valence electrons. The average Bonchev–Trinajstić information content (AvgIpc) is 2.27. The summed E-state index contributed by atoms with van der Waals surface area (Å²) in [5, 5.41) is 9.56. The minimum atomic E-state index is -5.22. The van der Waals surface area contributed by atoms with Crippen molar-refractivity contribution in [2.45, 2.75) is 13.5 Å². The molecule has 0 spiro atoms. The van der Waals surface area contributed by atoms with Gasteiger partial charge in [-0.15, -0.1) is 0 Å². The lowest BCUT2D eigenvalue weighted by atomic mass is 10.1. The van der Waals surface area contributed by atoms with Crippen molar-refractivity contribution in [1.29, 1.82) is 0 Å². The van der Waals surface area contributed by atoms with E-state index in [1.54, 1.807) is 0 Å². The molecular weight excluding hydrogens is 316 g/mol. The van der Waals surface area contributed by atoms with Crippen LogP contribution in [-0.2, 0) is 24.6 Å². The molecule has 20 heavy (non-hydrogen) atoms. The summed E-state index contributed by atoms with van der Waals surface area (Å²) < 4.78 is 29.5. The highest BCUT2D eigenvalue weighted by Gasteiger charge is 2.32. The third-order valence-corrected chi connectivity index (χ3v) is 4.20. The molecule has 1 heterocycles. The van der Waals surface area contributed by atoms with Crippen molar-refractivity contribution in [2.75, 3.05) is 0 Å². The zero-order chi connectivity index (χ0) is 15.6. The number of aldehydes is 1. The standard InChI is InChI=1S/C8H11NO9P2/c1-5-8(11)7(3-10)6(2-9-5)4-17-20(15,16)18-19(12,13)14/h2-3,11H,4H2,1H3,(H,15,16)(H2,12,13,14). The highest BCUT2D eigenvalue weighted by Crippen LogP contribution is 2.57. The maximum absolute atomic E-state index is 11.2. The molecule has 0 fully saturated rings. The number of carbonyl (C=O) groups is 1. The van der Waals surface area contributed by atoms with Gasteiger partial charge in [-0.1, -0.05) is 0 Å². The molecule has 0 amide bonds. The number of pyridine rings is 1. The molecule has 1 aromatic rings. The third-order valence-electron chi connectivity index (χ3n) is 2.07. The number of carbonyl (C=O) groups excluding carboxylic acids is 1. The van der Waals surface area contributed by atoms with E-state index >= 15 is 0 Å². The Balaban J connectivity index is 2.91. The number of nitrogens with zero attached hydrogens (tertiary/aromatic N) is 1. The Morgan fingerprint density at radius 1 is 1.35 bits per heavy atom. The van der Waals surface area contributed by atoms with Gasteiger partial charge in [0.1, 0.15) is 5.75 Å². The lowest BCUT2D eigenvalue weighted by Crippen LogP contribution is -2.01. The van der Waals surface area contributed by atoms with Crippen LogP contribution in [0.1, 0.15) is 21.6 Å². The highest BCUT2D eigenvalue weighted by molar-refractivity contribution is 7.60. The van der Waals surface area contributed by atoms with E-state index in [4.69, 9.17) is 14.7 Å². The van der Waals surface area contributed by atoms with E-state index < -0.39 is 28.0 Å². The van der Waals surface area contributed by atoms with Crippen LogP contribution in [-0.4, -0.2) is 31.1 Å². The van der Waals surface area contributed by atoms with Gasteiger partial charge in [0.25, 0.3) is 0 Å². The summed E-state index contributed by atoms with van der Waals surface area (Å²) in [5.41, 5.74) is -0.102. The first-order valence-electron chi connectivity index (χ1n) is 4.92. The van der Waals surface area contributed by atoms with E-state index in [-0.39, 0.29) is 23.1 Å². The second kappa shape index (κ2) is 6.11. The lowest BCUT2D eigenvalue weighted by molar-refractivity contribution is 0.111. The normalized spacial score (nSPS) is 14.8. The smallest absolute Gasteiger partial charge is 0.481 e. The van der Waals surface area contributed by atoms with Crippen molar-refractivity contribution in [3.05, 3.63) is 23.0 Å². The minimum Gasteiger partial charge on any atom is -0.505 e. The van der Waals surface area contributed by atoms with Crippen molar-refractivity contribution in [3.8, 4) is 5.75 Å². The lowest BCUT2D eigenvalue weighted by Gasteiger charge is -2.13. The molecule has 0 bridgehead atoms. The number of aromatic hydroxyl groups is 1. The molecule has 1 aromatic heterocycles. The van der Waals surface area contributed by atoms with Gasteiger partial charge in [0.05, 0.1) is 17.9 Å². The Bertz CT molecular complexity index is 610. The van der Waals surface area contributed by atoms with E-state index in [0.29, 0.717) is 0 Å². The Labute approximate surface area is 112 Å². The zero-order valence-electron chi connectivity index (χ0n) is 10.0. The van der Waals surface area contributed by atoms with Crippen LogP contribution < -0.4 is 0 Å². The molecule has 1 atom stereocenters. The second-order valence-electron chi connectivity index (χ2n) is 3.56. The molecule has 0 aliphatic carbocycles. The number of phosphoric acid groups is 2. The third kappa shape index (κ3) is 4.77. The molecule has 0 saturated carbocycles. The van der Waals surface area contributed by atoms with Crippen LogP contribution in [0.5, 0.6) is 5.75 Å². The van der Waals surface area contributed by atoms with Gasteiger partial charge in [-0.25, -0.2) is 9.13 Å². The first kappa shape index (κ1) is 16.9. The van der Waals surface area contributed by atoms with Crippen molar-refractivity contribution >= 4 is 21.9 Å². The molecule has 4 N–H and O–H groups in total.